The first-order chi connectivity index (χ1) is 8.24. The summed E-state index contributed by atoms with van der Waals surface area (Å²) in [6, 6.07) is 8.60. The van der Waals surface area contributed by atoms with Crippen molar-refractivity contribution in [2.24, 2.45) is 5.73 Å². The summed E-state index contributed by atoms with van der Waals surface area (Å²) in [7, 11) is 0. The molecule has 1 aromatic rings. The van der Waals surface area contributed by atoms with Crippen LogP contribution in [0.25, 0.3) is 0 Å². The van der Waals surface area contributed by atoms with Crippen LogP contribution in [-0.4, -0.2) is 37.2 Å². The molecule has 0 amide bonds. The highest BCUT2D eigenvalue weighted by Gasteiger charge is 2.17. The summed E-state index contributed by atoms with van der Waals surface area (Å²) in [4.78, 5) is 2.42. The third-order valence-electron chi connectivity index (χ3n) is 3.22. The van der Waals surface area contributed by atoms with Gasteiger partial charge in [0.05, 0.1) is 6.61 Å². The van der Waals surface area contributed by atoms with E-state index in [2.05, 4.69) is 24.0 Å². The SMILES string of the molecule is Cc1ccc(OCCCN2CCC(N)C2)cc1. The molecule has 0 radical (unpaired) electrons. The van der Waals surface area contributed by atoms with Crippen molar-refractivity contribution in [3.8, 4) is 5.75 Å². The van der Waals surface area contributed by atoms with Crippen molar-refractivity contribution in [2.45, 2.75) is 25.8 Å². The van der Waals surface area contributed by atoms with Crippen LogP contribution >= 0.6 is 0 Å². The fraction of sp³-hybridized carbons (Fsp3) is 0.571. The predicted octanol–water partition coefficient (Wildman–Crippen LogP) is 1.80. The van der Waals surface area contributed by atoms with Crippen molar-refractivity contribution < 1.29 is 4.74 Å². The summed E-state index contributed by atoms with van der Waals surface area (Å²) in [6.07, 6.45) is 2.21. The molecule has 0 spiro atoms. The first kappa shape index (κ1) is 12.4. The smallest absolute Gasteiger partial charge is 0.119 e. The molecule has 0 bridgehead atoms. The summed E-state index contributed by atoms with van der Waals surface area (Å²) in [5.74, 6) is 0.966. The molecule has 0 aliphatic carbocycles. The maximum Gasteiger partial charge on any atom is 0.119 e. The monoisotopic (exact) mass is 234 g/mol. The average Bonchev–Trinajstić information content (AvgIpc) is 2.73. The summed E-state index contributed by atoms with van der Waals surface area (Å²) < 4.78 is 5.69. The molecule has 1 aliphatic rings. The zero-order valence-corrected chi connectivity index (χ0v) is 10.6. The molecule has 3 nitrogen and oxygen atoms in total. The second-order valence-corrected chi connectivity index (χ2v) is 4.86. The Morgan fingerprint density at radius 3 is 2.76 bits per heavy atom. The molecule has 1 saturated heterocycles. The fourth-order valence-electron chi connectivity index (χ4n) is 2.18. The Hall–Kier alpha value is -1.06. The molecular weight excluding hydrogens is 212 g/mol. The van der Waals surface area contributed by atoms with Gasteiger partial charge in [0.2, 0.25) is 0 Å². The van der Waals surface area contributed by atoms with Gasteiger partial charge in [-0.05, 0) is 38.4 Å². The number of aryl methyl sites for hydroxylation is 1. The molecule has 17 heavy (non-hydrogen) atoms. The van der Waals surface area contributed by atoms with E-state index in [1.807, 2.05) is 12.1 Å². The van der Waals surface area contributed by atoms with Gasteiger partial charge in [0.25, 0.3) is 0 Å². The van der Waals surface area contributed by atoms with Gasteiger partial charge in [-0.25, -0.2) is 0 Å². The van der Waals surface area contributed by atoms with E-state index in [9.17, 15) is 0 Å². The van der Waals surface area contributed by atoms with E-state index >= 15 is 0 Å². The number of nitrogens with two attached hydrogens (primary N) is 1. The maximum absolute atomic E-state index is 5.86. The van der Waals surface area contributed by atoms with Crippen molar-refractivity contribution in [1.29, 1.82) is 0 Å². The van der Waals surface area contributed by atoms with Crippen LogP contribution in [0.4, 0.5) is 0 Å². The molecule has 1 aromatic carbocycles. The molecule has 1 atom stereocenters. The van der Waals surface area contributed by atoms with Crippen molar-refractivity contribution in [3.05, 3.63) is 29.8 Å². The number of ether oxygens (including phenoxy) is 1. The van der Waals surface area contributed by atoms with Crippen molar-refractivity contribution >= 4 is 0 Å². The second kappa shape index (κ2) is 6.03. The van der Waals surface area contributed by atoms with Crippen LogP contribution in [0, 0.1) is 6.92 Å². The van der Waals surface area contributed by atoms with E-state index < -0.39 is 0 Å². The number of nitrogens with zero attached hydrogens (tertiary/aromatic N) is 1. The Kier molecular flexibility index (Phi) is 4.40. The van der Waals surface area contributed by atoms with Crippen LogP contribution in [0.2, 0.25) is 0 Å². The summed E-state index contributed by atoms with van der Waals surface area (Å²) >= 11 is 0. The zero-order valence-electron chi connectivity index (χ0n) is 10.6. The van der Waals surface area contributed by atoms with E-state index in [4.69, 9.17) is 10.5 Å². The van der Waals surface area contributed by atoms with Gasteiger partial charge in [0.15, 0.2) is 0 Å². The molecule has 1 heterocycles. The van der Waals surface area contributed by atoms with E-state index in [1.54, 1.807) is 0 Å². The van der Waals surface area contributed by atoms with E-state index in [-0.39, 0.29) is 0 Å². The van der Waals surface area contributed by atoms with E-state index in [1.165, 1.54) is 5.56 Å². The van der Waals surface area contributed by atoms with Gasteiger partial charge in [-0.3, -0.25) is 0 Å². The van der Waals surface area contributed by atoms with Gasteiger partial charge < -0.3 is 15.4 Å². The molecule has 1 fully saturated rings. The van der Waals surface area contributed by atoms with Crippen molar-refractivity contribution in [3.63, 3.8) is 0 Å². The Morgan fingerprint density at radius 2 is 2.12 bits per heavy atom. The number of benzene rings is 1. The molecule has 2 N–H and O–H groups in total. The van der Waals surface area contributed by atoms with Gasteiger partial charge in [0.1, 0.15) is 5.75 Å². The molecule has 1 aliphatic heterocycles. The predicted molar refractivity (Wildman–Crippen MR) is 70.3 cm³/mol. The lowest BCUT2D eigenvalue weighted by molar-refractivity contribution is 0.262. The molecule has 0 aromatic heterocycles. The minimum atomic E-state index is 0.382. The molecule has 1 unspecified atom stereocenters. The quantitative estimate of drug-likeness (QED) is 0.790. The first-order valence-corrected chi connectivity index (χ1v) is 6.41. The van der Waals surface area contributed by atoms with Crippen LogP contribution in [0.5, 0.6) is 5.75 Å². The summed E-state index contributed by atoms with van der Waals surface area (Å²) in [6.45, 7) is 6.16. The van der Waals surface area contributed by atoms with Gasteiger partial charge in [-0.2, -0.15) is 0 Å². The number of likely N-dealkylation sites (tertiary alicyclic amines) is 1. The fourth-order valence-corrected chi connectivity index (χ4v) is 2.18. The van der Waals surface area contributed by atoms with Crippen LogP contribution in [-0.2, 0) is 0 Å². The van der Waals surface area contributed by atoms with Crippen LogP contribution in [0.3, 0.4) is 0 Å². The summed E-state index contributed by atoms with van der Waals surface area (Å²) in [5, 5.41) is 0. The van der Waals surface area contributed by atoms with E-state index in [0.717, 1.165) is 44.8 Å². The second-order valence-electron chi connectivity index (χ2n) is 4.86. The van der Waals surface area contributed by atoms with Gasteiger partial charge in [-0.15, -0.1) is 0 Å². The van der Waals surface area contributed by atoms with Gasteiger partial charge in [0, 0.05) is 19.1 Å². The number of hydrogen-bond donors (Lipinski definition) is 1. The first-order valence-electron chi connectivity index (χ1n) is 6.41. The Bertz CT molecular complexity index is 337. The lowest BCUT2D eigenvalue weighted by Crippen LogP contribution is -2.28. The zero-order chi connectivity index (χ0) is 12.1. The molecule has 94 valence electrons. The maximum atomic E-state index is 5.86. The van der Waals surface area contributed by atoms with Crippen LogP contribution in [0.1, 0.15) is 18.4 Å². The largest absolute Gasteiger partial charge is 0.494 e. The van der Waals surface area contributed by atoms with E-state index in [0.29, 0.717) is 6.04 Å². The lowest BCUT2D eigenvalue weighted by atomic mass is 10.2. The Labute approximate surface area is 104 Å². The normalized spacial score (nSPS) is 20.7. The minimum Gasteiger partial charge on any atom is -0.494 e. The standard InChI is InChI=1S/C14H22N2O/c1-12-3-5-14(6-4-12)17-10-2-8-16-9-7-13(15)11-16/h3-6,13H,2,7-11,15H2,1H3. The van der Waals surface area contributed by atoms with Gasteiger partial charge >= 0.3 is 0 Å². The number of rotatable bonds is 5. The highest BCUT2D eigenvalue weighted by molar-refractivity contribution is 5.26. The van der Waals surface area contributed by atoms with Crippen molar-refractivity contribution in [2.75, 3.05) is 26.2 Å². The lowest BCUT2D eigenvalue weighted by Gasteiger charge is -2.15. The van der Waals surface area contributed by atoms with Crippen LogP contribution < -0.4 is 10.5 Å². The topological polar surface area (TPSA) is 38.5 Å². The number of hydrogen-bond acceptors (Lipinski definition) is 3. The Balaban J connectivity index is 1.61. The minimum absolute atomic E-state index is 0.382. The Morgan fingerprint density at radius 1 is 1.35 bits per heavy atom. The average molecular weight is 234 g/mol. The molecule has 3 heteroatoms. The van der Waals surface area contributed by atoms with Crippen LogP contribution in [0.15, 0.2) is 24.3 Å². The van der Waals surface area contributed by atoms with Crippen molar-refractivity contribution in [1.82, 2.24) is 4.90 Å². The third-order valence-corrected chi connectivity index (χ3v) is 3.22. The molecule has 2 rings (SSSR count). The third kappa shape index (κ3) is 4.02. The van der Waals surface area contributed by atoms with Gasteiger partial charge in [-0.1, -0.05) is 17.7 Å². The molecule has 0 saturated carbocycles. The molecular formula is C14H22N2O. The highest BCUT2D eigenvalue weighted by atomic mass is 16.5. The summed E-state index contributed by atoms with van der Waals surface area (Å²) in [5.41, 5.74) is 7.13. The highest BCUT2D eigenvalue weighted by Crippen LogP contribution is 2.12.